The second-order valence-corrected chi connectivity index (χ2v) is 12.9. The molecule has 4 atom stereocenters. The fourth-order valence-corrected chi connectivity index (χ4v) is 8.09. The highest BCUT2D eigenvalue weighted by Gasteiger charge is 2.49. The molecule has 4 fully saturated rings. The molecule has 10 heteroatoms. The van der Waals surface area contributed by atoms with Gasteiger partial charge in [-0.15, -0.1) is 0 Å². The third-order valence-electron chi connectivity index (χ3n) is 9.84. The Morgan fingerprint density at radius 2 is 2.00 bits per heavy atom. The van der Waals surface area contributed by atoms with Crippen molar-refractivity contribution in [2.75, 3.05) is 44.2 Å². The molecule has 8 rings (SSSR count). The van der Waals surface area contributed by atoms with Crippen LogP contribution in [0.15, 0.2) is 42.6 Å². The van der Waals surface area contributed by atoms with Gasteiger partial charge in [0.15, 0.2) is 5.82 Å². The first-order chi connectivity index (χ1) is 20.5. The van der Waals surface area contributed by atoms with Gasteiger partial charge in [-0.2, -0.15) is 9.97 Å². The molecule has 0 amide bonds. The second-order valence-electron chi connectivity index (χ2n) is 12.5. The molecule has 0 spiro atoms. The van der Waals surface area contributed by atoms with E-state index < -0.39 is 12.0 Å². The van der Waals surface area contributed by atoms with Crippen LogP contribution in [0.3, 0.4) is 0 Å². The van der Waals surface area contributed by atoms with Crippen molar-refractivity contribution in [3.05, 3.63) is 53.4 Å². The molecule has 0 saturated carbocycles. The molecule has 2 aromatic carbocycles. The van der Waals surface area contributed by atoms with E-state index in [0.717, 1.165) is 62.6 Å². The number of hydrogen-bond acceptors (Lipinski definition) is 7. The summed E-state index contributed by atoms with van der Waals surface area (Å²) >= 11 is 6.60. The summed E-state index contributed by atoms with van der Waals surface area (Å²) in [5.41, 5.74) is 0.606. The van der Waals surface area contributed by atoms with Crippen LogP contribution in [-0.4, -0.2) is 76.9 Å². The van der Waals surface area contributed by atoms with Crippen molar-refractivity contribution in [2.45, 2.75) is 49.9 Å². The number of fused-ring (bicyclic) bond motifs is 5. The van der Waals surface area contributed by atoms with Gasteiger partial charge in [-0.1, -0.05) is 41.9 Å². The minimum absolute atomic E-state index is 0.121. The molecule has 4 saturated heterocycles. The summed E-state index contributed by atoms with van der Waals surface area (Å²) in [6, 6.07) is 11.8. The minimum atomic E-state index is -0.861. The van der Waals surface area contributed by atoms with E-state index in [1.165, 1.54) is 0 Å². The molecule has 7 nitrogen and oxygen atoms in total. The highest BCUT2D eigenvalue weighted by Crippen LogP contribution is 2.41. The minimum Gasteiger partial charge on any atom is -0.461 e. The summed E-state index contributed by atoms with van der Waals surface area (Å²) in [6.07, 6.45) is 5.31. The van der Waals surface area contributed by atoms with Crippen LogP contribution in [0.4, 0.5) is 14.6 Å². The van der Waals surface area contributed by atoms with Crippen LogP contribution >= 0.6 is 11.6 Å². The van der Waals surface area contributed by atoms with Crippen LogP contribution in [0.2, 0.25) is 5.02 Å². The summed E-state index contributed by atoms with van der Waals surface area (Å²) in [4.78, 5) is 18.6. The predicted molar refractivity (Wildman–Crippen MR) is 161 cm³/mol. The van der Waals surface area contributed by atoms with Gasteiger partial charge in [0.2, 0.25) is 0 Å². The molecular formula is C32H33ClF2N6O. The summed E-state index contributed by atoms with van der Waals surface area (Å²) in [7, 11) is 0. The van der Waals surface area contributed by atoms with Crippen LogP contribution in [0, 0.1) is 11.7 Å². The van der Waals surface area contributed by atoms with Crippen LogP contribution in [0.25, 0.3) is 32.9 Å². The van der Waals surface area contributed by atoms with E-state index in [9.17, 15) is 4.39 Å². The highest BCUT2D eigenvalue weighted by molar-refractivity contribution is 6.36. The smallest absolute Gasteiger partial charge is 0.319 e. The van der Waals surface area contributed by atoms with Gasteiger partial charge in [-0.3, -0.25) is 9.88 Å². The van der Waals surface area contributed by atoms with Crippen molar-refractivity contribution in [1.82, 2.24) is 25.2 Å². The van der Waals surface area contributed by atoms with Gasteiger partial charge in [0.1, 0.15) is 29.8 Å². The first kappa shape index (κ1) is 26.5. The third kappa shape index (κ3) is 4.39. The van der Waals surface area contributed by atoms with Crippen molar-refractivity contribution in [3.8, 4) is 17.3 Å². The molecule has 2 aromatic heterocycles. The normalized spacial score (nSPS) is 27.6. The van der Waals surface area contributed by atoms with Gasteiger partial charge in [-0.05, 0) is 56.1 Å². The largest absolute Gasteiger partial charge is 0.461 e. The van der Waals surface area contributed by atoms with Gasteiger partial charge >= 0.3 is 6.01 Å². The quantitative estimate of drug-likeness (QED) is 0.316. The fraction of sp³-hybridized carbons (Fsp3) is 0.469. The van der Waals surface area contributed by atoms with Crippen LogP contribution in [0.1, 0.15) is 32.1 Å². The number of ether oxygens (including phenoxy) is 1. The standard InChI is InChI=1S/C32H33ClF2N6O/c33-25-7-2-5-20-4-1-6-23(26(20)25)28-27(35)29-24(15-37-28)30(40-11-8-19-12-22(17-40)36-14-19)39-31(38-29)42-18-32-9-3-10-41(32)16-21(34)13-32/h1-2,4-7,15,19,21-22,36H,3,8-14,16-18H2/t19?,21-,22?,32?/m1/s1. The van der Waals surface area contributed by atoms with Gasteiger partial charge < -0.3 is 15.0 Å². The first-order valence-corrected chi connectivity index (χ1v) is 15.4. The van der Waals surface area contributed by atoms with Crippen molar-refractivity contribution in [1.29, 1.82) is 0 Å². The number of nitrogens with one attached hydrogen (secondary N) is 1. The molecule has 42 heavy (non-hydrogen) atoms. The van der Waals surface area contributed by atoms with E-state index in [0.29, 0.717) is 46.7 Å². The molecule has 4 aromatic rings. The lowest BCUT2D eigenvalue weighted by atomic mass is 9.95. The average Bonchev–Trinajstić information content (AvgIpc) is 3.62. The Labute approximate surface area is 248 Å². The molecule has 0 radical (unpaired) electrons. The Bertz CT molecular complexity index is 1680. The Kier molecular flexibility index (Phi) is 6.46. The topological polar surface area (TPSA) is 66.4 Å². The van der Waals surface area contributed by atoms with Gasteiger partial charge in [-0.25, -0.2) is 8.78 Å². The van der Waals surface area contributed by atoms with E-state index >= 15 is 4.39 Å². The molecule has 6 heterocycles. The molecule has 1 N–H and O–H groups in total. The summed E-state index contributed by atoms with van der Waals surface area (Å²) in [5, 5.41) is 6.36. The number of aromatic nitrogens is 3. The Balaban J connectivity index is 1.24. The lowest BCUT2D eigenvalue weighted by Crippen LogP contribution is -2.43. The maximum absolute atomic E-state index is 16.6. The lowest BCUT2D eigenvalue weighted by molar-refractivity contribution is 0.107. The lowest BCUT2D eigenvalue weighted by Gasteiger charge is -2.31. The van der Waals surface area contributed by atoms with E-state index in [1.807, 2.05) is 30.3 Å². The molecule has 0 aliphatic carbocycles. The van der Waals surface area contributed by atoms with Gasteiger partial charge in [0.25, 0.3) is 0 Å². The number of pyridine rings is 1. The number of benzene rings is 2. The van der Waals surface area contributed by atoms with Crippen LogP contribution in [0.5, 0.6) is 6.01 Å². The Hall–Kier alpha value is -3.14. The van der Waals surface area contributed by atoms with Crippen molar-refractivity contribution in [3.63, 3.8) is 0 Å². The summed E-state index contributed by atoms with van der Waals surface area (Å²) in [6.45, 7) is 4.22. The highest BCUT2D eigenvalue weighted by atomic mass is 35.5. The second kappa shape index (κ2) is 10.2. The number of nitrogens with zero attached hydrogens (tertiary/aromatic N) is 5. The van der Waals surface area contributed by atoms with E-state index in [2.05, 4.69) is 25.1 Å². The number of halogens is 3. The molecule has 218 valence electrons. The van der Waals surface area contributed by atoms with Gasteiger partial charge in [0, 0.05) is 54.3 Å². The number of alkyl halides is 1. The summed E-state index contributed by atoms with van der Waals surface area (Å²) in [5.74, 6) is 0.729. The fourth-order valence-electron chi connectivity index (χ4n) is 7.80. The number of hydrogen-bond donors (Lipinski definition) is 1. The molecule has 4 aliphatic heterocycles. The third-order valence-corrected chi connectivity index (χ3v) is 10.2. The maximum atomic E-state index is 16.6. The number of rotatable bonds is 5. The molecule has 3 unspecified atom stereocenters. The molecule has 2 bridgehead atoms. The Morgan fingerprint density at radius 3 is 2.90 bits per heavy atom. The average molecular weight is 591 g/mol. The van der Waals surface area contributed by atoms with E-state index in [-0.39, 0.29) is 29.4 Å². The van der Waals surface area contributed by atoms with Crippen LogP contribution < -0.4 is 15.0 Å². The Morgan fingerprint density at radius 1 is 1.12 bits per heavy atom. The van der Waals surface area contributed by atoms with Crippen molar-refractivity contribution < 1.29 is 13.5 Å². The van der Waals surface area contributed by atoms with Crippen LogP contribution in [-0.2, 0) is 0 Å². The maximum Gasteiger partial charge on any atom is 0.319 e. The predicted octanol–water partition coefficient (Wildman–Crippen LogP) is 5.78. The first-order valence-electron chi connectivity index (χ1n) is 15.0. The van der Waals surface area contributed by atoms with Crippen molar-refractivity contribution >= 4 is 39.1 Å². The molecule has 4 aliphatic rings. The zero-order valence-corrected chi connectivity index (χ0v) is 24.1. The van der Waals surface area contributed by atoms with Gasteiger partial charge in [0.05, 0.1) is 10.9 Å². The van der Waals surface area contributed by atoms with E-state index in [4.69, 9.17) is 21.3 Å². The number of anilines is 1. The SMILES string of the molecule is Fc1c(-c2cccc3cccc(Cl)c23)ncc2c(N3CCC4CNC(C4)C3)nc(OCC34CCCN3C[C@H](F)C4)nc12. The van der Waals surface area contributed by atoms with E-state index in [1.54, 1.807) is 12.3 Å². The van der Waals surface area contributed by atoms with Crippen molar-refractivity contribution in [2.24, 2.45) is 5.92 Å². The zero-order chi connectivity index (χ0) is 28.4. The zero-order valence-electron chi connectivity index (χ0n) is 23.3. The molecular weight excluding hydrogens is 558 g/mol. The monoisotopic (exact) mass is 590 g/mol. The summed E-state index contributed by atoms with van der Waals surface area (Å²) < 4.78 is 37.4.